The van der Waals surface area contributed by atoms with Gasteiger partial charge in [-0.05, 0) is 20.3 Å². The minimum atomic E-state index is -0.948. The summed E-state index contributed by atoms with van der Waals surface area (Å²) in [6, 6.07) is 0. The summed E-state index contributed by atoms with van der Waals surface area (Å²) in [7, 11) is 0. The van der Waals surface area contributed by atoms with E-state index in [2.05, 4.69) is 6.92 Å². The zero-order chi connectivity index (χ0) is 20.9. The molecule has 1 rings (SSSR count). The van der Waals surface area contributed by atoms with E-state index in [9.17, 15) is 15.0 Å². The van der Waals surface area contributed by atoms with Crippen LogP contribution in [0.5, 0.6) is 0 Å². The van der Waals surface area contributed by atoms with Gasteiger partial charge in [0.1, 0.15) is 11.7 Å². The molecule has 0 aromatic heterocycles. The molecule has 2 N–H and O–H groups in total. The second-order valence-electron chi connectivity index (χ2n) is 9.53. The minimum Gasteiger partial charge on any atom is -0.456 e. The van der Waals surface area contributed by atoms with Gasteiger partial charge in [0.15, 0.2) is 0 Å². The minimum absolute atomic E-state index is 0.0332. The van der Waals surface area contributed by atoms with Crippen LogP contribution in [0, 0.1) is 0 Å². The average Bonchev–Trinajstić information content (AvgIpc) is 2.85. The number of hydrogen-bond acceptors (Lipinski definition) is 4. The number of cyclic esters (lactones) is 1. The normalized spacial score (nSPS) is 24.3. The molecule has 28 heavy (non-hydrogen) atoms. The number of carbonyl (C=O) groups is 1. The monoisotopic (exact) mass is 398 g/mol. The molecule has 0 saturated carbocycles. The van der Waals surface area contributed by atoms with E-state index in [0.29, 0.717) is 12.8 Å². The van der Waals surface area contributed by atoms with Gasteiger partial charge in [0.05, 0.1) is 12.0 Å². The molecule has 4 heteroatoms. The molecule has 0 aromatic rings. The maximum atomic E-state index is 11.4. The maximum Gasteiger partial charge on any atom is 0.309 e. The van der Waals surface area contributed by atoms with E-state index in [1.165, 1.54) is 77.0 Å². The Balaban J connectivity index is 1.96. The molecule has 4 nitrogen and oxygen atoms in total. The molecule has 1 saturated heterocycles. The molecule has 0 radical (unpaired) electrons. The van der Waals surface area contributed by atoms with Crippen molar-refractivity contribution in [2.75, 3.05) is 0 Å². The van der Waals surface area contributed by atoms with Crippen LogP contribution in [0.4, 0.5) is 0 Å². The fourth-order valence-corrected chi connectivity index (χ4v) is 4.44. The summed E-state index contributed by atoms with van der Waals surface area (Å²) in [5.41, 5.74) is -1.85. The predicted molar refractivity (Wildman–Crippen MR) is 115 cm³/mol. The lowest BCUT2D eigenvalue weighted by molar-refractivity contribution is -0.155. The third kappa shape index (κ3) is 10.8. The highest BCUT2D eigenvalue weighted by Gasteiger charge is 2.48. The summed E-state index contributed by atoms with van der Waals surface area (Å²) >= 11 is 0. The lowest BCUT2D eigenvalue weighted by Gasteiger charge is -2.34. The smallest absolute Gasteiger partial charge is 0.309 e. The first-order valence-corrected chi connectivity index (χ1v) is 11.9. The lowest BCUT2D eigenvalue weighted by atomic mass is 9.83. The number of esters is 1. The van der Waals surface area contributed by atoms with Gasteiger partial charge in [0, 0.05) is 6.42 Å². The Kier molecular flexibility index (Phi) is 12.3. The van der Waals surface area contributed by atoms with Crippen molar-refractivity contribution in [3.63, 3.8) is 0 Å². The number of aliphatic hydroxyl groups is 2. The van der Waals surface area contributed by atoms with Crippen LogP contribution in [0.15, 0.2) is 0 Å². The number of rotatable bonds is 17. The highest BCUT2D eigenvalue weighted by molar-refractivity contribution is 5.73. The lowest BCUT2D eigenvalue weighted by Crippen LogP contribution is -2.44. The van der Waals surface area contributed by atoms with Gasteiger partial charge in [-0.25, -0.2) is 0 Å². The van der Waals surface area contributed by atoms with Crippen molar-refractivity contribution in [1.82, 2.24) is 0 Å². The van der Waals surface area contributed by atoms with Crippen molar-refractivity contribution >= 4 is 5.97 Å². The molecule has 0 amide bonds. The number of unbranched alkanes of at least 4 members (excludes halogenated alkanes) is 13. The average molecular weight is 399 g/mol. The zero-order valence-electron chi connectivity index (χ0n) is 18.8. The summed E-state index contributed by atoms with van der Waals surface area (Å²) < 4.78 is 5.27. The van der Waals surface area contributed by atoms with Crippen LogP contribution in [0.1, 0.15) is 130 Å². The molecular formula is C24H46O4. The van der Waals surface area contributed by atoms with Gasteiger partial charge in [-0.2, -0.15) is 0 Å². The Morgan fingerprint density at radius 2 is 1.36 bits per heavy atom. The molecule has 0 spiro atoms. The zero-order valence-corrected chi connectivity index (χ0v) is 18.8. The molecule has 0 aromatic carbocycles. The number of aliphatic hydroxyl groups excluding tert-OH is 1. The van der Waals surface area contributed by atoms with Crippen LogP contribution >= 0.6 is 0 Å². The van der Waals surface area contributed by atoms with Gasteiger partial charge in [-0.3, -0.25) is 4.79 Å². The highest BCUT2D eigenvalue weighted by atomic mass is 16.6. The quantitative estimate of drug-likeness (QED) is 0.231. The molecule has 166 valence electrons. The van der Waals surface area contributed by atoms with Gasteiger partial charge >= 0.3 is 5.97 Å². The third-order valence-corrected chi connectivity index (χ3v) is 6.21. The van der Waals surface area contributed by atoms with Crippen molar-refractivity contribution in [3.05, 3.63) is 0 Å². The summed E-state index contributed by atoms with van der Waals surface area (Å²) in [5.74, 6) is -0.373. The summed E-state index contributed by atoms with van der Waals surface area (Å²) in [4.78, 5) is 11.4. The van der Waals surface area contributed by atoms with Crippen molar-refractivity contribution < 1.29 is 19.7 Å². The van der Waals surface area contributed by atoms with E-state index in [1.807, 2.05) is 0 Å². The van der Waals surface area contributed by atoms with Crippen LogP contribution < -0.4 is 0 Å². The van der Waals surface area contributed by atoms with Gasteiger partial charge in [-0.15, -0.1) is 0 Å². The first-order valence-electron chi connectivity index (χ1n) is 11.9. The first kappa shape index (κ1) is 25.4. The van der Waals surface area contributed by atoms with Crippen LogP contribution in [-0.4, -0.2) is 33.5 Å². The Labute approximate surface area is 173 Å². The van der Waals surface area contributed by atoms with Crippen LogP contribution in [0.3, 0.4) is 0 Å². The topological polar surface area (TPSA) is 66.8 Å². The van der Waals surface area contributed by atoms with Crippen LogP contribution in [0.2, 0.25) is 0 Å². The molecule has 1 heterocycles. The second kappa shape index (κ2) is 13.6. The Bertz CT molecular complexity index is 421. The Morgan fingerprint density at radius 3 is 1.75 bits per heavy atom. The SMILES string of the molecule is CCCCCCCCCCCCCCCCC(C)(O)C[C@]1(C)OC(=O)C[C@@H]1O. The van der Waals surface area contributed by atoms with E-state index in [4.69, 9.17) is 4.74 Å². The first-order chi connectivity index (χ1) is 13.3. The molecule has 1 unspecified atom stereocenters. The Hall–Kier alpha value is -0.610. The molecule has 0 bridgehead atoms. The van der Waals surface area contributed by atoms with Gasteiger partial charge in [0.25, 0.3) is 0 Å². The van der Waals surface area contributed by atoms with Gasteiger partial charge in [0.2, 0.25) is 0 Å². The molecular weight excluding hydrogens is 352 g/mol. The summed E-state index contributed by atoms with van der Waals surface area (Å²) in [6.45, 7) is 5.78. The molecule has 0 aliphatic carbocycles. The van der Waals surface area contributed by atoms with Crippen LogP contribution in [0.25, 0.3) is 0 Å². The molecule has 1 aliphatic rings. The van der Waals surface area contributed by atoms with Gasteiger partial charge in [-0.1, -0.05) is 96.8 Å². The van der Waals surface area contributed by atoms with Crippen molar-refractivity contribution in [1.29, 1.82) is 0 Å². The Morgan fingerprint density at radius 1 is 0.929 bits per heavy atom. The van der Waals surface area contributed by atoms with E-state index >= 15 is 0 Å². The van der Waals surface area contributed by atoms with E-state index < -0.39 is 17.3 Å². The summed E-state index contributed by atoms with van der Waals surface area (Å²) in [5, 5.41) is 20.7. The van der Waals surface area contributed by atoms with Crippen molar-refractivity contribution in [2.45, 2.75) is 147 Å². The fraction of sp³-hybridized carbons (Fsp3) is 0.958. The summed E-state index contributed by atoms with van der Waals surface area (Å²) in [6.07, 6.45) is 18.6. The number of carbonyl (C=O) groups excluding carboxylic acids is 1. The van der Waals surface area contributed by atoms with Crippen LogP contribution in [-0.2, 0) is 9.53 Å². The second-order valence-corrected chi connectivity index (χ2v) is 9.53. The van der Waals surface area contributed by atoms with E-state index in [0.717, 1.165) is 12.8 Å². The molecule has 1 fully saturated rings. The third-order valence-electron chi connectivity index (χ3n) is 6.21. The van der Waals surface area contributed by atoms with E-state index in [1.54, 1.807) is 13.8 Å². The largest absolute Gasteiger partial charge is 0.456 e. The molecule has 1 aliphatic heterocycles. The number of ether oxygens (including phenoxy) is 1. The standard InChI is InChI=1S/C24H46O4/c1-4-5-6-7-8-9-10-11-12-13-14-15-16-17-18-23(2,27)20-24(3)21(25)19-22(26)28-24/h21,25,27H,4-20H2,1-3H3/t21-,23?,24-/m0/s1. The number of hydrogen-bond donors (Lipinski definition) is 2. The predicted octanol–water partition coefficient (Wildman–Crippen LogP) is 6.07. The van der Waals surface area contributed by atoms with E-state index in [-0.39, 0.29) is 12.4 Å². The highest BCUT2D eigenvalue weighted by Crippen LogP contribution is 2.36. The fourth-order valence-electron chi connectivity index (χ4n) is 4.44. The van der Waals surface area contributed by atoms with Crippen molar-refractivity contribution in [2.24, 2.45) is 0 Å². The maximum absolute atomic E-state index is 11.4. The van der Waals surface area contributed by atoms with Crippen molar-refractivity contribution in [3.8, 4) is 0 Å². The van der Waals surface area contributed by atoms with Gasteiger partial charge < -0.3 is 14.9 Å². The molecule has 3 atom stereocenters.